The lowest BCUT2D eigenvalue weighted by atomic mass is 10.2. The molecule has 0 amide bonds. The summed E-state index contributed by atoms with van der Waals surface area (Å²) in [6, 6.07) is 4.23. The number of hydrogen-bond acceptors (Lipinski definition) is 4. The number of hydrogen-bond donors (Lipinski definition) is 1. The maximum atomic E-state index is 4.62. The van der Waals surface area contributed by atoms with Gasteiger partial charge in [0.2, 0.25) is 0 Å². The van der Waals surface area contributed by atoms with Crippen molar-refractivity contribution in [3.8, 4) is 0 Å². The maximum absolute atomic E-state index is 4.62. The summed E-state index contributed by atoms with van der Waals surface area (Å²) in [5, 5.41) is 3.45. The highest BCUT2D eigenvalue weighted by molar-refractivity contribution is 7.99. The van der Waals surface area contributed by atoms with Crippen LogP contribution >= 0.6 is 11.9 Å². The van der Waals surface area contributed by atoms with Crippen molar-refractivity contribution in [2.45, 2.75) is 48.0 Å². The van der Waals surface area contributed by atoms with E-state index in [2.05, 4.69) is 46.8 Å². The van der Waals surface area contributed by atoms with Crippen molar-refractivity contribution in [1.29, 1.82) is 0 Å². The lowest BCUT2D eigenvalue weighted by Crippen LogP contribution is -2.11. The molecule has 0 saturated heterocycles. The molecule has 1 aromatic rings. The number of nitrogens with one attached hydrogen (secondary N) is 1. The average molecular weight is 312 g/mol. The number of aryl methyl sites for hydroxylation is 1. The number of anilines is 2. The van der Waals surface area contributed by atoms with E-state index < -0.39 is 0 Å². The van der Waals surface area contributed by atoms with Crippen molar-refractivity contribution < 1.29 is 0 Å². The molecule has 122 valence electrons. The Morgan fingerprint density at radius 3 is 2.33 bits per heavy atom. The van der Waals surface area contributed by atoms with Gasteiger partial charge in [-0.05, 0) is 42.9 Å². The smallest absolute Gasteiger partial charge is 0.140 e. The zero-order valence-corrected chi connectivity index (χ0v) is 15.8. The van der Waals surface area contributed by atoms with Crippen LogP contribution in [0.5, 0.6) is 0 Å². The van der Waals surface area contributed by atoms with E-state index >= 15 is 0 Å². The van der Waals surface area contributed by atoms with Crippen LogP contribution in [0.25, 0.3) is 0 Å². The Bertz CT molecular complexity index is 396. The molecule has 2 atom stereocenters. The highest BCUT2D eigenvalue weighted by Gasteiger charge is 2.31. The molecule has 1 aliphatic rings. The van der Waals surface area contributed by atoms with Gasteiger partial charge in [-0.3, -0.25) is 0 Å². The molecule has 0 radical (unpaired) electrons. The van der Waals surface area contributed by atoms with Gasteiger partial charge in [-0.15, -0.1) is 0 Å². The molecule has 0 aliphatic heterocycles. The van der Waals surface area contributed by atoms with E-state index in [1.165, 1.54) is 12.0 Å². The van der Waals surface area contributed by atoms with Crippen molar-refractivity contribution in [3.05, 3.63) is 17.7 Å². The van der Waals surface area contributed by atoms with Crippen molar-refractivity contribution in [2.24, 2.45) is 11.8 Å². The van der Waals surface area contributed by atoms with Crippen molar-refractivity contribution >= 4 is 23.6 Å². The summed E-state index contributed by atoms with van der Waals surface area (Å²) in [6.45, 7) is 13.5. The topological polar surface area (TPSA) is 28.2 Å². The van der Waals surface area contributed by atoms with Gasteiger partial charge in [-0.2, -0.15) is 0 Å². The van der Waals surface area contributed by atoms with E-state index in [-0.39, 0.29) is 0 Å². The quantitative estimate of drug-likeness (QED) is 0.754. The first-order valence-corrected chi connectivity index (χ1v) is 9.28. The Kier molecular flexibility index (Phi) is 10.3. The molecule has 0 aromatic carbocycles. The van der Waals surface area contributed by atoms with Gasteiger partial charge in [0, 0.05) is 19.8 Å². The monoisotopic (exact) mass is 311 g/mol. The van der Waals surface area contributed by atoms with Crippen LogP contribution in [0.4, 0.5) is 11.6 Å². The molecule has 21 heavy (non-hydrogen) atoms. The Balaban J connectivity index is 0.000000921. The van der Waals surface area contributed by atoms with Gasteiger partial charge < -0.3 is 9.62 Å². The van der Waals surface area contributed by atoms with Crippen LogP contribution < -0.4 is 9.62 Å². The minimum Gasteiger partial charge on any atom is -0.370 e. The molecule has 0 bridgehead atoms. The summed E-state index contributed by atoms with van der Waals surface area (Å²) >= 11 is 1.68. The van der Waals surface area contributed by atoms with Crippen LogP contribution in [-0.4, -0.2) is 24.8 Å². The maximum Gasteiger partial charge on any atom is 0.140 e. The molecule has 0 spiro atoms. The zero-order valence-electron chi connectivity index (χ0n) is 15.0. The first-order valence-electron chi connectivity index (χ1n) is 8.10. The summed E-state index contributed by atoms with van der Waals surface area (Å²) < 4.78 is 2.08. The SMILES string of the molecule is CC.CC.CSN(C)c1cc(C)cc(NCC2CC2C)n1. The fourth-order valence-corrected chi connectivity index (χ4v) is 2.19. The third-order valence-corrected chi connectivity index (χ3v) is 4.11. The molecule has 1 N–H and O–H groups in total. The molecule has 1 saturated carbocycles. The number of nitrogens with zero attached hydrogens (tertiary/aromatic N) is 2. The van der Waals surface area contributed by atoms with Crippen molar-refractivity contribution in [1.82, 2.24) is 4.98 Å². The fourth-order valence-electron chi connectivity index (χ4n) is 1.91. The summed E-state index contributed by atoms with van der Waals surface area (Å²) in [5.41, 5.74) is 1.25. The standard InChI is InChI=1S/C13H21N3S.2C2H6/c1-9-5-12(14-8-11-7-10(11)2)15-13(6-9)16(3)17-4;2*1-2/h5-6,10-11H,7-8H2,1-4H3,(H,14,15);2*1-2H3. The number of pyridine rings is 1. The van der Waals surface area contributed by atoms with Gasteiger partial charge >= 0.3 is 0 Å². The molecule has 2 rings (SSSR count). The Hall–Kier alpha value is -0.900. The van der Waals surface area contributed by atoms with E-state index in [1.54, 1.807) is 11.9 Å². The van der Waals surface area contributed by atoms with Gasteiger partial charge in [0.25, 0.3) is 0 Å². The van der Waals surface area contributed by atoms with Gasteiger partial charge in [0.1, 0.15) is 11.6 Å². The van der Waals surface area contributed by atoms with Crippen LogP contribution in [0, 0.1) is 18.8 Å². The van der Waals surface area contributed by atoms with E-state index in [1.807, 2.05) is 34.7 Å². The second-order valence-electron chi connectivity index (χ2n) is 4.92. The van der Waals surface area contributed by atoms with Crippen LogP contribution in [0.3, 0.4) is 0 Å². The second kappa shape index (κ2) is 10.8. The predicted octanol–water partition coefficient (Wildman–Crippen LogP) is 5.22. The number of aromatic nitrogens is 1. The van der Waals surface area contributed by atoms with E-state index in [0.29, 0.717) is 0 Å². The third kappa shape index (κ3) is 7.07. The van der Waals surface area contributed by atoms with Gasteiger partial charge in [-0.1, -0.05) is 46.6 Å². The van der Waals surface area contributed by atoms with Crippen molar-refractivity contribution in [3.63, 3.8) is 0 Å². The molecule has 1 aromatic heterocycles. The van der Waals surface area contributed by atoms with E-state index in [4.69, 9.17) is 0 Å². The van der Waals surface area contributed by atoms with Crippen LogP contribution in [0.1, 0.15) is 46.6 Å². The average Bonchev–Trinajstić information content (AvgIpc) is 3.23. The van der Waals surface area contributed by atoms with Gasteiger partial charge in [-0.25, -0.2) is 4.98 Å². The lowest BCUT2D eigenvalue weighted by Gasteiger charge is -2.16. The molecular weight excluding hydrogens is 278 g/mol. The fraction of sp³-hybridized carbons (Fsp3) is 0.706. The molecule has 3 nitrogen and oxygen atoms in total. The normalized spacial score (nSPS) is 18.7. The largest absolute Gasteiger partial charge is 0.370 e. The second-order valence-corrected chi connectivity index (χ2v) is 5.83. The molecule has 1 fully saturated rings. The Labute approximate surface area is 136 Å². The van der Waals surface area contributed by atoms with Crippen LogP contribution in [0.15, 0.2) is 12.1 Å². The minimum absolute atomic E-state index is 0.846. The van der Waals surface area contributed by atoms with E-state index in [9.17, 15) is 0 Å². The first-order chi connectivity index (χ1) is 10.1. The van der Waals surface area contributed by atoms with Crippen molar-refractivity contribution in [2.75, 3.05) is 29.5 Å². The molecular formula is C17H33N3S. The highest BCUT2D eigenvalue weighted by atomic mass is 32.2. The summed E-state index contributed by atoms with van der Waals surface area (Å²) in [5.74, 6) is 3.75. The summed E-state index contributed by atoms with van der Waals surface area (Å²) in [4.78, 5) is 4.62. The number of rotatable bonds is 5. The van der Waals surface area contributed by atoms with Crippen LogP contribution in [0.2, 0.25) is 0 Å². The zero-order chi connectivity index (χ0) is 16.4. The van der Waals surface area contributed by atoms with Crippen LogP contribution in [-0.2, 0) is 0 Å². The molecule has 4 heteroatoms. The molecule has 1 aliphatic carbocycles. The third-order valence-electron chi connectivity index (χ3n) is 3.37. The predicted molar refractivity (Wildman–Crippen MR) is 99.3 cm³/mol. The lowest BCUT2D eigenvalue weighted by molar-refractivity contribution is 0.784. The molecule has 2 unspecified atom stereocenters. The van der Waals surface area contributed by atoms with E-state index in [0.717, 1.165) is 30.0 Å². The first kappa shape index (κ1) is 20.1. The Morgan fingerprint density at radius 2 is 1.86 bits per heavy atom. The molecule has 1 heterocycles. The Morgan fingerprint density at radius 1 is 1.29 bits per heavy atom. The van der Waals surface area contributed by atoms with Gasteiger partial charge in [0.15, 0.2) is 0 Å². The summed E-state index contributed by atoms with van der Waals surface area (Å²) in [7, 11) is 2.04. The van der Waals surface area contributed by atoms with Gasteiger partial charge in [0.05, 0.1) is 0 Å². The minimum atomic E-state index is 0.846. The highest BCUT2D eigenvalue weighted by Crippen LogP contribution is 2.37. The summed E-state index contributed by atoms with van der Waals surface area (Å²) in [6.07, 6.45) is 3.42.